The van der Waals surface area contributed by atoms with E-state index in [2.05, 4.69) is 20.8 Å². The topological polar surface area (TPSA) is 50.4 Å². The fraction of sp³-hybridized carbons (Fsp3) is 0.667. The first-order valence-electron chi connectivity index (χ1n) is 6.71. The van der Waals surface area contributed by atoms with Crippen molar-refractivity contribution in [2.24, 2.45) is 17.8 Å². The maximum atomic E-state index is 12.4. The summed E-state index contributed by atoms with van der Waals surface area (Å²) in [6.07, 6.45) is 5.16. The number of carbonyl (C=O) groups is 1. The Hall–Kier alpha value is -1.09. The molecule has 3 atom stereocenters. The molecule has 0 amide bonds. The van der Waals surface area contributed by atoms with Crippen LogP contribution in [0, 0.1) is 17.8 Å². The minimum absolute atomic E-state index is 0.0243. The lowest BCUT2D eigenvalue weighted by Crippen LogP contribution is -2.39. The van der Waals surface area contributed by atoms with Crippen molar-refractivity contribution in [1.29, 1.82) is 0 Å². The van der Waals surface area contributed by atoms with Gasteiger partial charge in [0.2, 0.25) is 0 Å². The van der Waals surface area contributed by atoms with Crippen LogP contribution in [0.4, 0.5) is 0 Å². The van der Waals surface area contributed by atoms with Crippen molar-refractivity contribution in [1.82, 2.24) is 0 Å². The lowest BCUT2D eigenvalue weighted by atomic mass is 9.80. The molecule has 0 saturated heterocycles. The molecule has 3 unspecified atom stereocenters. The van der Waals surface area contributed by atoms with Crippen molar-refractivity contribution in [2.45, 2.75) is 45.6 Å². The first-order valence-corrected chi connectivity index (χ1v) is 6.71. The Morgan fingerprint density at radius 3 is 2.89 bits per heavy atom. The van der Waals surface area contributed by atoms with Crippen LogP contribution in [0.1, 0.15) is 50.4 Å². The van der Waals surface area contributed by atoms with E-state index in [4.69, 9.17) is 4.42 Å². The number of Topliss-reactive ketones (excluding diaryl/α,β-unsaturated/α-hetero) is 1. The fourth-order valence-electron chi connectivity index (χ4n) is 3.34. The lowest BCUT2D eigenvalue weighted by molar-refractivity contribution is -0.0104. The molecule has 18 heavy (non-hydrogen) atoms. The summed E-state index contributed by atoms with van der Waals surface area (Å²) in [6.45, 7) is 6.27. The van der Waals surface area contributed by atoms with Crippen LogP contribution in [0.15, 0.2) is 23.0 Å². The molecule has 1 fully saturated rings. The van der Waals surface area contributed by atoms with Gasteiger partial charge in [-0.1, -0.05) is 20.8 Å². The second kappa shape index (κ2) is 4.88. The molecule has 3 nitrogen and oxygen atoms in total. The van der Waals surface area contributed by atoms with E-state index in [9.17, 15) is 9.90 Å². The molecule has 0 bridgehead atoms. The molecule has 0 spiro atoms. The van der Waals surface area contributed by atoms with Crippen LogP contribution in [0.2, 0.25) is 0 Å². The van der Waals surface area contributed by atoms with Gasteiger partial charge in [0, 0.05) is 0 Å². The van der Waals surface area contributed by atoms with Crippen LogP contribution in [-0.2, 0) is 0 Å². The van der Waals surface area contributed by atoms with Gasteiger partial charge in [-0.3, -0.25) is 4.79 Å². The Morgan fingerprint density at radius 2 is 2.33 bits per heavy atom. The molecule has 1 saturated carbocycles. The Bertz CT molecular complexity index is 407. The Kier molecular flexibility index (Phi) is 3.62. The molecule has 1 aliphatic carbocycles. The van der Waals surface area contributed by atoms with Crippen molar-refractivity contribution in [3.8, 4) is 0 Å². The average molecular weight is 250 g/mol. The van der Waals surface area contributed by atoms with Crippen LogP contribution in [0.25, 0.3) is 0 Å². The molecule has 1 aromatic rings. The summed E-state index contributed by atoms with van der Waals surface area (Å²) in [7, 11) is 0. The zero-order valence-corrected chi connectivity index (χ0v) is 11.3. The predicted octanol–water partition coefficient (Wildman–Crippen LogP) is 3.29. The number of hydrogen-bond donors (Lipinski definition) is 1. The maximum absolute atomic E-state index is 12.4. The average Bonchev–Trinajstić information content (AvgIpc) is 2.84. The number of carbonyl (C=O) groups excluding carboxylic acids is 1. The van der Waals surface area contributed by atoms with E-state index in [1.165, 1.54) is 12.5 Å². The Morgan fingerprint density at radius 1 is 1.61 bits per heavy atom. The Labute approximate surface area is 108 Å². The summed E-state index contributed by atoms with van der Waals surface area (Å²) in [5, 5.41) is 10.8. The molecule has 3 heteroatoms. The first-order chi connectivity index (χ1) is 8.42. The number of aliphatic hydroxyl groups is 1. The molecule has 1 aromatic heterocycles. The van der Waals surface area contributed by atoms with Gasteiger partial charge in [0.25, 0.3) is 0 Å². The summed E-state index contributed by atoms with van der Waals surface area (Å²) in [5.41, 5.74) is -0.265. The van der Waals surface area contributed by atoms with Gasteiger partial charge < -0.3 is 9.52 Å². The highest BCUT2D eigenvalue weighted by Crippen LogP contribution is 2.44. The molecule has 1 heterocycles. The van der Waals surface area contributed by atoms with E-state index in [-0.39, 0.29) is 11.7 Å². The molecule has 0 radical (unpaired) electrons. The van der Waals surface area contributed by atoms with Crippen molar-refractivity contribution in [3.63, 3.8) is 0 Å². The number of ketones is 1. The summed E-state index contributed by atoms with van der Waals surface area (Å²) >= 11 is 0. The quantitative estimate of drug-likeness (QED) is 0.834. The van der Waals surface area contributed by atoms with Crippen LogP contribution in [0.5, 0.6) is 0 Å². The van der Waals surface area contributed by atoms with Crippen molar-refractivity contribution in [2.75, 3.05) is 0 Å². The van der Waals surface area contributed by atoms with Gasteiger partial charge in [0.15, 0.2) is 5.78 Å². The standard InChI is InChI=1S/C15H22O3/c1-10(2)7-15(17)8-11(3)6-13(15)14(16)12-4-5-18-9-12/h4-5,9-11,13,17H,6-8H2,1-3H3. The van der Waals surface area contributed by atoms with Crippen molar-refractivity contribution in [3.05, 3.63) is 24.2 Å². The molecular formula is C15H22O3. The highest BCUT2D eigenvalue weighted by Gasteiger charge is 2.48. The summed E-state index contributed by atoms with van der Waals surface area (Å²) in [6, 6.07) is 1.68. The minimum atomic E-state index is -0.845. The minimum Gasteiger partial charge on any atom is -0.472 e. The largest absolute Gasteiger partial charge is 0.472 e. The van der Waals surface area contributed by atoms with Crippen LogP contribution in [0.3, 0.4) is 0 Å². The predicted molar refractivity (Wildman–Crippen MR) is 69.3 cm³/mol. The van der Waals surface area contributed by atoms with Gasteiger partial charge in [-0.2, -0.15) is 0 Å². The fourth-order valence-corrected chi connectivity index (χ4v) is 3.34. The summed E-state index contributed by atoms with van der Waals surface area (Å²) in [5.74, 6) is 0.526. The first kappa shape index (κ1) is 13.3. The van der Waals surface area contributed by atoms with Gasteiger partial charge >= 0.3 is 0 Å². The van der Waals surface area contributed by atoms with E-state index in [1.54, 1.807) is 6.07 Å². The third-order valence-corrected chi connectivity index (χ3v) is 3.87. The van der Waals surface area contributed by atoms with E-state index in [0.29, 0.717) is 23.8 Å². The summed E-state index contributed by atoms with van der Waals surface area (Å²) in [4.78, 5) is 12.4. The molecule has 0 aromatic carbocycles. The maximum Gasteiger partial charge on any atom is 0.172 e. The second-order valence-electron chi connectivity index (χ2n) is 6.18. The highest BCUT2D eigenvalue weighted by atomic mass is 16.3. The van der Waals surface area contributed by atoms with Crippen LogP contribution in [-0.4, -0.2) is 16.5 Å². The van der Waals surface area contributed by atoms with Gasteiger partial charge in [-0.15, -0.1) is 0 Å². The number of rotatable bonds is 4. The summed E-state index contributed by atoms with van der Waals surface area (Å²) < 4.78 is 4.97. The third kappa shape index (κ3) is 2.51. The zero-order chi connectivity index (χ0) is 13.3. The van der Waals surface area contributed by atoms with Gasteiger partial charge in [-0.25, -0.2) is 0 Å². The molecular weight excluding hydrogens is 228 g/mol. The van der Waals surface area contributed by atoms with Crippen LogP contribution >= 0.6 is 0 Å². The van der Waals surface area contributed by atoms with E-state index >= 15 is 0 Å². The van der Waals surface area contributed by atoms with E-state index in [1.807, 2.05) is 0 Å². The lowest BCUT2D eigenvalue weighted by Gasteiger charge is -2.30. The molecule has 2 rings (SSSR count). The SMILES string of the molecule is CC(C)CC1(O)CC(C)CC1C(=O)c1ccoc1. The van der Waals surface area contributed by atoms with E-state index < -0.39 is 5.60 Å². The highest BCUT2D eigenvalue weighted by molar-refractivity contribution is 5.98. The van der Waals surface area contributed by atoms with Gasteiger partial charge in [0.05, 0.1) is 23.3 Å². The van der Waals surface area contributed by atoms with Crippen LogP contribution < -0.4 is 0 Å². The number of furan rings is 1. The Balaban J connectivity index is 2.22. The third-order valence-electron chi connectivity index (χ3n) is 3.87. The van der Waals surface area contributed by atoms with E-state index in [0.717, 1.165) is 12.8 Å². The molecule has 1 aliphatic rings. The molecule has 100 valence electrons. The molecule has 1 N–H and O–H groups in total. The molecule has 0 aliphatic heterocycles. The smallest absolute Gasteiger partial charge is 0.172 e. The number of hydrogen-bond acceptors (Lipinski definition) is 3. The normalized spacial score (nSPS) is 32.1. The zero-order valence-electron chi connectivity index (χ0n) is 11.3. The second-order valence-corrected chi connectivity index (χ2v) is 6.18. The van der Waals surface area contributed by atoms with Crippen molar-refractivity contribution >= 4 is 5.78 Å². The van der Waals surface area contributed by atoms with Gasteiger partial charge in [-0.05, 0) is 37.2 Å². The van der Waals surface area contributed by atoms with Crippen molar-refractivity contribution < 1.29 is 14.3 Å². The van der Waals surface area contributed by atoms with Gasteiger partial charge in [0.1, 0.15) is 6.26 Å². The monoisotopic (exact) mass is 250 g/mol.